The van der Waals surface area contributed by atoms with Crippen LogP contribution in [0.3, 0.4) is 0 Å². The molecule has 0 aliphatic heterocycles. The normalized spacial score (nSPS) is 17.2. The van der Waals surface area contributed by atoms with E-state index < -0.39 is 16.1 Å². The monoisotopic (exact) mass is 329 g/mol. The van der Waals surface area contributed by atoms with Crippen LogP contribution in [0.15, 0.2) is 29.0 Å². The Balaban J connectivity index is 1.65. The molecule has 20 heavy (non-hydrogen) atoms. The van der Waals surface area contributed by atoms with Crippen LogP contribution in [0.2, 0.25) is 0 Å². The van der Waals surface area contributed by atoms with Gasteiger partial charge in [-0.25, -0.2) is 13.1 Å². The highest BCUT2D eigenvalue weighted by Gasteiger charge is 2.35. The van der Waals surface area contributed by atoms with Gasteiger partial charge in [0.1, 0.15) is 6.10 Å². The van der Waals surface area contributed by atoms with E-state index >= 15 is 0 Å². The van der Waals surface area contributed by atoms with E-state index in [2.05, 4.69) is 4.72 Å². The predicted octanol–water partition coefficient (Wildman–Crippen LogP) is 2.47. The summed E-state index contributed by atoms with van der Waals surface area (Å²) >= 11 is 2.99. The van der Waals surface area contributed by atoms with Crippen LogP contribution in [-0.4, -0.2) is 18.8 Å². The molecule has 2 aromatic heterocycles. The second-order valence-corrected chi connectivity index (χ2v) is 8.85. The van der Waals surface area contributed by atoms with Gasteiger partial charge >= 0.3 is 0 Å². The van der Waals surface area contributed by atoms with E-state index in [1.54, 1.807) is 11.3 Å². The lowest BCUT2D eigenvalue weighted by molar-refractivity contribution is 0.224. The molecule has 3 rings (SSSR count). The molecule has 0 aromatic carbocycles. The molecular formula is C13H15NO3S3. The average Bonchev–Trinajstić information content (AvgIpc) is 2.98. The number of aliphatic hydroxyl groups is 1. The summed E-state index contributed by atoms with van der Waals surface area (Å²) in [5.74, 6) is 0. The number of hydrogen-bond acceptors (Lipinski definition) is 5. The zero-order valence-electron chi connectivity index (χ0n) is 10.7. The molecule has 4 nitrogen and oxygen atoms in total. The number of sulfonamides is 1. The lowest BCUT2D eigenvalue weighted by atomic mass is 10.2. The Morgan fingerprint density at radius 2 is 2.15 bits per heavy atom. The Hall–Kier alpha value is -0.730. The summed E-state index contributed by atoms with van der Waals surface area (Å²) < 4.78 is 26.1. The molecule has 0 saturated heterocycles. The maximum Gasteiger partial charge on any atom is 0.214 e. The zero-order valence-corrected chi connectivity index (χ0v) is 13.1. The van der Waals surface area contributed by atoms with Gasteiger partial charge in [0.25, 0.3) is 0 Å². The Morgan fingerprint density at radius 3 is 2.80 bits per heavy atom. The van der Waals surface area contributed by atoms with Crippen LogP contribution in [0.4, 0.5) is 0 Å². The summed E-state index contributed by atoms with van der Waals surface area (Å²) in [5, 5.41) is 13.8. The first-order valence-corrected chi connectivity index (χ1v) is 9.64. The first-order chi connectivity index (χ1) is 9.56. The van der Waals surface area contributed by atoms with Crippen LogP contribution >= 0.6 is 22.7 Å². The largest absolute Gasteiger partial charge is 0.383 e. The summed E-state index contributed by atoms with van der Waals surface area (Å²) in [7, 11) is -3.14. The smallest absolute Gasteiger partial charge is 0.214 e. The SMILES string of the molecule is O=S(=O)(NCc1ccc(C(O)c2ccsc2)s1)C1CC1. The summed E-state index contributed by atoms with van der Waals surface area (Å²) in [6, 6.07) is 5.61. The van der Waals surface area contributed by atoms with Crippen molar-refractivity contribution in [1.29, 1.82) is 0 Å². The number of nitrogens with one attached hydrogen (secondary N) is 1. The molecule has 1 aliphatic rings. The molecule has 1 unspecified atom stereocenters. The van der Waals surface area contributed by atoms with Crippen LogP contribution in [-0.2, 0) is 16.6 Å². The van der Waals surface area contributed by atoms with Crippen molar-refractivity contribution in [3.63, 3.8) is 0 Å². The second-order valence-electron chi connectivity index (χ2n) is 4.83. The fourth-order valence-corrected chi connectivity index (χ4v) is 4.99. The van der Waals surface area contributed by atoms with E-state index in [0.29, 0.717) is 6.54 Å². The molecule has 2 heterocycles. The summed E-state index contributed by atoms with van der Waals surface area (Å²) in [6.45, 7) is 0.305. The van der Waals surface area contributed by atoms with Crippen LogP contribution in [0, 0.1) is 0 Å². The van der Waals surface area contributed by atoms with Crippen LogP contribution < -0.4 is 4.72 Å². The highest BCUT2D eigenvalue weighted by Crippen LogP contribution is 2.31. The molecular weight excluding hydrogens is 314 g/mol. The third-order valence-electron chi connectivity index (χ3n) is 3.22. The van der Waals surface area contributed by atoms with Gasteiger partial charge in [-0.15, -0.1) is 11.3 Å². The van der Waals surface area contributed by atoms with E-state index in [1.807, 2.05) is 29.0 Å². The van der Waals surface area contributed by atoms with Gasteiger partial charge in [-0.1, -0.05) is 0 Å². The molecule has 0 spiro atoms. The van der Waals surface area contributed by atoms with E-state index in [4.69, 9.17) is 0 Å². The highest BCUT2D eigenvalue weighted by atomic mass is 32.2. The van der Waals surface area contributed by atoms with Gasteiger partial charge in [0, 0.05) is 16.3 Å². The minimum Gasteiger partial charge on any atom is -0.383 e. The molecule has 2 N–H and O–H groups in total. The zero-order chi connectivity index (χ0) is 14.2. The van der Waals surface area contributed by atoms with Crippen molar-refractivity contribution in [1.82, 2.24) is 4.72 Å². The van der Waals surface area contributed by atoms with Gasteiger partial charge in [0.05, 0.1) is 5.25 Å². The molecule has 0 amide bonds. The number of hydrogen-bond donors (Lipinski definition) is 2. The fraction of sp³-hybridized carbons (Fsp3) is 0.385. The maximum atomic E-state index is 11.7. The topological polar surface area (TPSA) is 66.4 Å². The molecule has 0 radical (unpaired) electrons. The molecule has 0 bridgehead atoms. The quantitative estimate of drug-likeness (QED) is 0.855. The van der Waals surface area contributed by atoms with Gasteiger partial charge in [-0.05, 0) is 47.4 Å². The Bertz CT molecular complexity index is 672. The summed E-state index contributed by atoms with van der Waals surface area (Å²) in [6.07, 6.45) is 0.907. The molecule has 1 aliphatic carbocycles. The lowest BCUT2D eigenvalue weighted by Gasteiger charge is -2.05. The van der Waals surface area contributed by atoms with Crippen LogP contribution in [0.5, 0.6) is 0 Å². The predicted molar refractivity (Wildman–Crippen MR) is 81.5 cm³/mol. The first kappa shape index (κ1) is 14.2. The Kier molecular flexibility index (Phi) is 3.96. The van der Waals surface area contributed by atoms with Crippen molar-refractivity contribution < 1.29 is 13.5 Å². The molecule has 108 valence electrons. The van der Waals surface area contributed by atoms with Gasteiger partial charge in [0.2, 0.25) is 10.0 Å². The average molecular weight is 329 g/mol. The molecule has 1 atom stereocenters. The van der Waals surface area contributed by atoms with Crippen molar-refractivity contribution in [2.45, 2.75) is 30.7 Å². The van der Waals surface area contributed by atoms with Gasteiger partial charge in [-0.2, -0.15) is 11.3 Å². The molecule has 1 fully saturated rings. The van der Waals surface area contributed by atoms with Gasteiger partial charge in [-0.3, -0.25) is 0 Å². The highest BCUT2D eigenvalue weighted by molar-refractivity contribution is 7.90. The number of aliphatic hydroxyl groups excluding tert-OH is 1. The van der Waals surface area contributed by atoms with Crippen LogP contribution in [0.1, 0.15) is 34.3 Å². The third-order valence-corrected chi connectivity index (χ3v) is 6.96. The van der Waals surface area contributed by atoms with Crippen molar-refractivity contribution in [2.75, 3.05) is 0 Å². The third kappa shape index (κ3) is 3.12. The minimum atomic E-state index is -3.14. The van der Waals surface area contributed by atoms with E-state index in [0.717, 1.165) is 28.2 Å². The first-order valence-electron chi connectivity index (χ1n) is 6.33. The Morgan fingerprint density at radius 1 is 1.35 bits per heavy atom. The maximum absolute atomic E-state index is 11.7. The molecule has 2 aromatic rings. The van der Waals surface area contributed by atoms with E-state index in [-0.39, 0.29) is 5.25 Å². The molecule has 7 heteroatoms. The second kappa shape index (κ2) is 5.57. The lowest BCUT2D eigenvalue weighted by Crippen LogP contribution is -2.26. The van der Waals surface area contributed by atoms with Gasteiger partial charge < -0.3 is 5.11 Å². The Labute approximate surface area is 126 Å². The summed E-state index contributed by atoms with van der Waals surface area (Å²) in [4.78, 5) is 1.75. The van der Waals surface area contributed by atoms with Gasteiger partial charge in [0.15, 0.2) is 0 Å². The number of thiophene rings is 2. The van der Waals surface area contributed by atoms with Crippen molar-refractivity contribution in [3.05, 3.63) is 44.3 Å². The fourth-order valence-electron chi connectivity index (χ4n) is 1.90. The van der Waals surface area contributed by atoms with E-state index in [9.17, 15) is 13.5 Å². The van der Waals surface area contributed by atoms with Crippen molar-refractivity contribution >= 4 is 32.7 Å². The standard InChI is InChI=1S/C13H15NO3S3/c15-13(9-5-6-18-8-9)12-4-1-10(19-12)7-14-20(16,17)11-2-3-11/h1,4-6,8,11,13-15H,2-3,7H2. The minimum absolute atomic E-state index is 0.196. The molecule has 1 saturated carbocycles. The number of rotatable bonds is 6. The van der Waals surface area contributed by atoms with Crippen molar-refractivity contribution in [3.8, 4) is 0 Å². The summed E-state index contributed by atoms with van der Waals surface area (Å²) in [5.41, 5.74) is 0.877. The van der Waals surface area contributed by atoms with Crippen molar-refractivity contribution in [2.24, 2.45) is 0 Å². The van der Waals surface area contributed by atoms with Crippen LogP contribution in [0.25, 0.3) is 0 Å². The van der Waals surface area contributed by atoms with E-state index in [1.165, 1.54) is 11.3 Å².